The van der Waals surface area contributed by atoms with Crippen LogP contribution in [-0.2, 0) is 39.4 Å². The number of hydrogen-bond acceptors (Lipinski definition) is 8. The van der Waals surface area contributed by atoms with E-state index in [2.05, 4.69) is 0 Å². The number of rotatable bonds is 9. The molecule has 0 amide bonds. The molecule has 2 N–H and O–H groups in total. The van der Waals surface area contributed by atoms with Gasteiger partial charge in [0, 0.05) is 24.0 Å². The van der Waals surface area contributed by atoms with Crippen molar-refractivity contribution < 1.29 is 45.1 Å². The summed E-state index contributed by atoms with van der Waals surface area (Å²) in [5.74, 6) is -1.70. The highest BCUT2D eigenvalue weighted by molar-refractivity contribution is 7.87. The molecule has 6 aliphatic rings. The van der Waals surface area contributed by atoms with Gasteiger partial charge in [-0.15, -0.1) is 0 Å². The Kier molecular flexibility index (Phi) is 8.14. The van der Waals surface area contributed by atoms with Crippen molar-refractivity contribution in [2.45, 2.75) is 89.6 Å². The van der Waals surface area contributed by atoms with E-state index < -0.39 is 76.8 Å². The standard InChI is InChI=1S/C36H42O10S2/c1-33(2)27-15-17-35(33,31(39)25(27)19-21-5-9-23(37)10-6-21)29(47(41,42)43)13-14-30(48(44,45)46)36-18-16-28(34(36,3)4)26(32(36)40)20-22-7-11-24(38)12-8-22/h5-9,11,19-20,27-30H,10,12-18H2,1-4H3,(H,41,42,43)(H,44,45,46). The third-order valence-corrected chi connectivity index (χ3v) is 15.7. The van der Waals surface area contributed by atoms with Crippen LogP contribution >= 0.6 is 0 Å². The Labute approximate surface area is 281 Å². The summed E-state index contributed by atoms with van der Waals surface area (Å²) in [5, 5.41) is -3.38. The van der Waals surface area contributed by atoms with Gasteiger partial charge in [0.1, 0.15) is 0 Å². The Morgan fingerprint density at radius 2 is 1.02 bits per heavy atom. The maximum atomic E-state index is 14.3. The number of fused-ring (bicyclic) bond motifs is 4. The molecule has 6 aliphatic carbocycles. The van der Waals surface area contributed by atoms with Gasteiger partial charge in [-0.25, -0.2) is 0 Å². The normalized spacial score (nSPS) is 35.1. The van der Waals surface area contributed by atoms with Gasteiger partial charge in [0.05, 0.1) is 21.3 Å². The van der Waals surface area contributed by atoms with Crippen molar-refractivity contribution in [3.05, 3.63) is 70.9 Å². The summed E-state index contributed by atoms with van der Waals surface area (Å²) in [7, 11) is -9.91. The molecule has 4 saturated carbocycles. The van der Waals surface area contributed by atoms with Gasteiger partial charge < -0.3 is 0 Å². The predicted molar refractivity (Wildman–Crippen MR) is 178 cm³/mol. The second-order valence-corrected chi connectivity index (χ2v) is 18.6. The van der Waals surface area contributed by atoms with E-state index >= 15 is 0 Å². The van der Waals surface area contributed by atoms with Gasteiger partial charge >= 0.3 is 0 Å². The van der Waals surface area contributed by atoms with Crippen LogP contribution in [0.4, 0.5) is 0 Å². The molecule has 6 unspecified atom stereocenters. The van der Waals surface area contributed by atoms with E-state index in [1.54, 1.807) is 64.2 Å². The average molecular weight is 699 g/mol. The molecule has 4 fully saturated rings. The van der Waals surface area contributed by atoms with Crippen molar-refractivity contribution in [2.24, 2.45) is 33.5 Å². The van der Waals surface area contributed by atoms with E-state index in [-0.39, 0.29) is 49.1 Å². The number of Topliss-reactive ketones (excluding diaryl/α,β-unsaturated/α-hetero) is 2. The van der Waals surface area contributed by atoms with Crippen LogP contribution in [0.3, 0.4) is 0 Å². The summed E-state index contributed by atoms with van der Waals surface area (Å²) < 4.78 is 74.7. The Balaban J connectivity index is 1.38. The first-order valence-corrected chi connectivity index (χ1v) is 19.5. The molecule has 48 heavy (non-hydrogen) atoms. The SMILES string of the molecule is CC1(C)C2CCC1(C(CCC(C13CCC(C(=CC4=CCC(=O)C=C4)C1=O)C3(C)C)S(=O)(=O)O)S(=O)(=O)O)C(=O)C2=CC1=CCC(=O)C=C1. The molecule has 6 rings (SSSR count). The molecule has 12 heteroatoms. The molecular weight excluding hydrogens is 657 g/mol. The minimum absolute atomic E-state index is 0.0768. The molecule has 0 aromatic heterocycles. The highest BCUT2D eigenvalue weighted by Gasteiger charge is 2.73. The van der Waals surface area contributed by atoms with Crippen molar-refractivity contribution in [2.75, 3.05) is 0 Å². The number of carbonyl (C=O) groups excluding carboxylic acids is 4. The fourth-order valence-corrected chi connectivity index (χ4v) is 13.4. The molecule has 0 aromatic rings. The molecular formula is C36H42O10S2. The second-order valence-electron chi connectivity index (χ2n) is 15.4. The molecule has 0 saturated heterocycles. The Hall–Kier alpha value is -3.06. The van der Waals surface area contributed by atoms with Gasteiger partial charge in [0.2, 0.25) is 0 Å². The number of carbonyl (C=O) groups is 4. The summed E-state index contributed by atoms with van der Waals surface area (Å²) in [4.78, 5) is 52.1. The van der Waals surface area contributed by atoms with Crippen LogP contribution in [0.15, 0.2) is 70.9 Å². The van der Waals surface area contributed by atoms with E-state index in [1.807, 2.05) is 0 Å². The smallest absolute Gasteiger partial charge is 0.268 e. The lowest BCUT2D eigenvalue weighted by molar-refractivity contribution is -0.128. The number of ketones is 4. The van der Waals surface area contributed by atoms with E-state index in [9.17, 15) is 45.1 Å². The molecule has 0 heterocycles. The van der Waals surface area contributed by atoms with Crippen LogP contribution in [0, 0.1) is 33.5 Å². The molecule has 0 aliphatic heterocycles. The summed E-state index contributed by atoms with van der Waals surface area (Å²) in [6, 6.07) is 0. The van der Waals surface area contributed by atoms with Crippen molar-refractivity contribution in [1.82, 2.24) is 0 Å². The van der Waals surface area contributed by atoms with Gasteiger partial charge in [-0.3, -0.25) is 28.3 Å². The first-order chi connectivity index (χ1) is 22.2. The lowest BCUT2D eigenvalue weighted by atomic mass is 9.63. The first kappa shape index (κ1) is 34.8. The zero-order valence-electron chi connectivity index (χ0n) is 27.6. The summed E-state index contributed by atoms with van der Waals surface area (Å²) in [6.07, 6.45) is 13.5. The second kappa shape index (κ2) is 11.2. The van der Waals surface area contributed by atoms with Crippen LogP contribution in [-0.4, -0.2) is 59.6 Å². The van der Waals surface area contributed by atoms with E-state index in [4.69, 9.17) is 0 Å². The summed E-state index contributed by atoms with van der Waals surface area (Å²) >= 11 is 0. The monoisotopic (exact) mass is 698 g/mol. The van der Waals surface area contributed by atoms with E-state index in [0.717, 1.165) is 0 Å². The third-order valence-electron chi connectivity index (χ3n) is 12.9. The summed E-state index contributed by atoms with van der Waals surface area (Å²) in [6.45, 7) is 7.16. The van der Waals surface area contributed by atoms with E-state index in [1.165, 1.54) is 12.2 Å². The van der Waals surface area contributed by atoms with Gasteiger partial charge in [-0.2, -0.15) is 16.8 Å². The molecule has 258 valence electrons. The zero-order valence-corrected chi connectivity index (χ0v) is 29.2. The molecule has 0 radical (unpaired) electrons. The van der Waals surface area contributed by atoms with Crippen LogP contribution in [0.2, 0.25) is 0 Å². The van der Waals surface area contributed by atoms with Gasteiger partial charge in [-0.1, -0.05) is 52.0 Å². The van der Waals surface area contributed by atoms with Crippen LogP contribution in [0.1, 0.15) is 79.1 Å². The maximum Gasteiger partial charge on any atom is 0.268 e. The zero-order chi connectivity index (χ0) is 35.2. The maximum absolute atomic E-state index is 14.3. The Morgan fingerprint density at radius 1 is 0.667 bits per heavy atom. The van der Waals surface area contributed by atoms with Crippen LogP contribution in [0.5, 0.6) is 0 Å². The van der Waals surface area contributed by atoms with Gasteiger partial charge in [0.25, 0.3) is 20.2 Å². The lowest BCUT2D eigenvalue weighted by Gasteiger charge is -2.44. The Morgan fingerprint density at radius 3 is 1.31 bits per heavy atom. The quantitative estimate of drug-likeness (QED) is 0.245. The molecule has 0 aromatic carbocycles. The third kappa shape index (κ3) is 4.92. The minimum Gasteiger partial charge on any atom is -0.295 e. The molecule has 6 atom stereocenters. The first-order valence-electron chi connectivity index (χ1n) is 16.5. The Bertz CT molecular complexity index is 1790. The molecule has 10 nitrogen and oxygen atoms in total. The van der Waals surface area contributed by atoms with Gasteiger partial charge in [-0.05, 0) is 96.6 Å². The lowest BCUT2D eigenvalue weighted by Crippen LogP contribution is -2.53. The molecule has 0 spiro atoms. The highest BCUT2D eigenvalue weighted by Crippen LogP contribution is 2.71. The number of hydrogen-bond donors (Lipinski definition) is 2. The minimum atomic E-state index is -4.95. The van der Waals surface area contributed by atoms with Gasteiger partial charge in [0.15, 0.2) is 23.1 Å². The summed E-state index contributed by atoms with van der Waals surface area (Å²) in [5.41, 5.74) is -2.92. The van der Waals surface area contributed by atoms with Crippen molar-refractivity contribution in [3.8, 4) is 0 Å². The predicted octanol–water partition coefficient (Wildman–Crippen LogP) is 5.05. The highest BCUT2D eigenvalue weighted by atomic mass is 32.2. The van der Waals surface area contributed by atoms with Crippen molar-refractivity contribution in [1.29, 1.82) is 0 Å². The van der Waals surface area contributed by atoms with Crippen LogP contribution < -0.4 is 0 Å². The fraction of sp³-hybridized carbons (Fsp3) is 0.556. The largest absolute Gasteiger partial charge is 0.295 e. The van der Waals surface area contributed by atoms with Crippen LogP contribution in [0.25, 0.3) is 0 Å². The average Bonchev–Trinajstić information content (AvgIpc) is 3.51. The van der Waals surface area contributed by atoms with E-state index in [0.29, 0.717) is 35.1 Å². The fourth-order valence-electron chi connectivity index (χ4n) is 10.5. The topological polar surface area (TPSA) is 177 Å². The van der Waals surface area contributed by atoms with Crippen molar-refractivity contribution >= 4 is 43.4 Å². The van der Waals surface area contributed by atoms with Crippen molar-refractivity contribution in [3.63, 3.8) is 0 Å². The number of allylic oxidation sites excluding steroid dienone is 12. The molecule has 4 bridgehead atoms.